The predicted molar refractivity (Wildman–Crippen MR) is 117 cm³/mol. The molecule has 2 aromatic heterocycles. The van der Waals surface area contributed by atoms with Crippen LogP contribution in [0.2, 0.25) is 0 Å². The third-order valence-electron chi connectivity index (χ3n) is 5.47. The topological polar surface area (TPSA) is 21.4 Å². The fourth-order valence-corrected chi connectivity index (χ4v) is 3.98. The van der Waals surface area contributed by atoms with E-state index in [9.17, 15) is 0 Å². The van der Waals surface area contributed by atoms with Crippen LogP contribution >= 0.6 is 0 Å². The summed E-state index contributed by atoms with van der Waals surface area (Å²) in [6.45, 7) is 9.73. The van der Waals surface area contributed by atoms with Gasteiger partial charge in [0.15, 0.2) is 11.9 Å². The Hall–Kier alpha value is -3.90. The maximum atomic E-state index is 7.63. The molecular formula is C26H19N2O+. The fourth-order valence-electron chi connectivity index (χ4n) is 3.98. The minimum atomic E-state index is 0.606. The van der Waals surface area contributed by atoms with Crippen LogP contribution in [-0.4, -0.2) is 0 Å². The Morgan fingerprint density at radius 2 is 1.52 bits per heavy atom. The Kier molecular flexibility index (Phi) is 3.93. The van der Waals surface area contributed by atoms with Crippen LogP contribution in [0.5, 0.6) is 0 Å². The van der Waals surface area contributed by atoms with Gasteiger partial charge in [-0.1, -0.05) is 36.4 Å². The molecule has 0 atom stereocenters. The molecule has 3 heteroatoms. The van der Waals surface area contributed by atoms with E-state index in [0.717, 1.165) is 44.3 Å². The molecule has 0 bridgehead atoms. The highest BCUT2D eigenvalue weighted by molar-refractivity contribution is 6.09. The molecule has 0 aliphatic heterocycles. The van der Waals surface area contributed by atoms with E-state index in [-0.39, 0.29) is 0 Å². The molecule has 3 nitrogen and oxygen atoms in total. The van der Waals surface area contributed by atoms with Gasteiger partial charge >= 0.3 is 0 Å². The van der Waals surface area contributed by atoms with Crippen LogP contribution in [0.1, 0.15) is 5.56 Å². The van der Waals surface area contributed by atoms with E-state index in [1.165, 1.54) is 5.56 Å². The van der Waals surface area contributed by atoms with E-state index in [1.807, 2.05) is 42.5 Å². The summed E-state index contributed by atoms with van der Waals surface area (Å²) in [7, 11) is 2.06. The largest absolute Gasteiger partial charge is 0.457 e. The molecule has 0 spiro atoms. The van der Waals surface area contributed by atoms with E-state index >= 15 is 0 Å². The molecule has 29 heavy (non-hydrogen) atoms. The number of nitrogens with zero attached hydrogens (tertiary/aromatic N) is 2. The summed E-state index contributed by atoms with van der Waals surface area (Å²) >= 11 is 0. The molecule has 0 unspecified atom stereocenters. The second kappa shape index (κ2) is 6.61. The zero-order valence-electron chi connectivity index (χ0n) is 16.3. The fraction of sp³-hybridized carbons (Fsp3) is 0.0769. The SMILES string of the molecule is [C-]#[N+]c1cc2oc3cc(C)c(-c4cccc[n+]4C)cc3c2cc1-c1ccccc1. The Bertz CT molecular complexity index is 1420. The molecule has 0 saturated heterocycles. The van der Waals surface area contributed by atoms with Crippen molar-refractivity contribution in [3.8, 4) is 22.4 Å². The van der Waals surface area contributed by atoms with Gasteiger partial charge in [-0.3, -0.25) is 0 Å². The normalized spacial score (nSPS) is 11.1. The third kappa shape index (κ3) is 2.78. The van der Waals surface area contributed by atoms with Crippen molar-refractivity contribution in [3.05, 3.63) is 96.0 Å². The smallest absolute Gasteiger partial charge is 0.212 e. The van der Waals surface area contributed by atoms with Crippen molar-refractivity contribution in [2.24, 2.45) is 7.05 Å². The second-order valence-corrected chi connectivity index (χ2v) is 7.31. The van der Waals surface area contributed by atoms with Crippen LogP contribution in [0.3, 0.4) is 0 Å². The van der Waals surface area contributed by atoms with Gasteiger partial charge in [0.25, 0.3) is 0 Å². The van der Waals surface area contributed by atoms with Crippen LogP contribution in [0.4, 0.5) is 5.69 Å². The molecule has 0 saturated carbocycles. The number of hydrogen-bond acceptors (Lipinski definition) is 1. The standard InChI is InChI=1S/C26H19N2O/c1-17-13-25-21(14-19(17)24-11-7-8-12-28(24)3)22-15-20(18-9-5-4-6-10-18)23(27-2)16-26(22)29-25/h4-16H,1,3H3/q+1. The molecule has 0 fully saturated rings. The van der Waals surface area contributed by atoms with Crippen molar-refractivity contribution in [1.82, 2.24) is 0 Å². The Morgan fingerprint density at radius 3 is 2.24 bits per heavy atom. The molecule has 138 valence electrons. The minimum absolute atomic E-state index is 0.606. The number of rotatable bonds is 2. The molecule has 5 rings (SSSR count). The zero-order valence-corrected chi connectivity index (χ0v) is 16.3. The van der Waals surface area contributed by atoms with Gasteiger partial charge in [0.05, 0.1) is 6.57 Å². The number of pyridine rings is 1. The van der Waals surface area contributed by atoms with Gasteiger partial charge in [0.1, 0.15) is 18.2 Å². The van der Waals surface area contributed by atoms with Gasteiger partial charge in [0, 0.05) is 28.5 Å². The quantitative estimate of drug-likeness (QED) is 0.251. The van der Waals surface area contributed by atoms with Crippen LogP contribution in [-0.2, 0) is 7.05 Å². The van der Waals surface area contributed by atoms with Crippen LogP contribution in [0, 0.1) is 13.5 Å². The Morgan fingerprint density at radius 1 is 0.828 bits per heavy atom. The van der Waals surface area contributed by atoms with Gasteiger partial charge in [-0.2, -0.15) is 0 Å². The third-order valence-corrected chi connectivity index (χ3v) is 5.47. The lowest BCUT2D eigenvalue weighted by Crippen LogP contribution is -2.30. The van der Waals surface area contributed by atoms with Crippen molar-refractivity contribution < 1.29 is 8.98 Å². The maximum Gasteiger partial charge on any atom is 0.212 e. The van der Waals surface area contributed by atoms with Crippen molar-refractivity contribution in [2.45, 2.75) is 6.92 Å². The summed E-state index contributed by atoms with van der Waals surface area (Å²) in [4.78, 5) is 3.75. The number of furan rings is 1. The zero-order chi connectivity index (χ0) is 20.0. The highest BCUT2D eigenvalue weighted by Gasteiger charge is 2.17. The summed E-state index contributed by atoms with van der Waals surface area (Å²) in [5.74, 6) is 0. The van der Waals surface area contributed by atoms with Crippen molar-refractivity contribution >= 4 is 27.6 Å². The number of aryl methyl sites for hydroxylation is 2. The molecule has 3 aromatic carbocycles. The summed E-state index contributed by atoms with van der Waals surface area (Å²) in [6.07, 6.45) is 2.06. The van der Waals surface area contributed by atoms with Gasteiger partial charge in [-0.05, 0) is 47.9 Å². The first-order chi connectivity index (χ1) is 14.2. The average Bonchev–Trinajstić information content (AvgIpc) is 3.09. The lowest BCUT2D eigenvalue weighted by molar-refractivity contribution is -0.660. The van der Waals surface area contributed by atoms with Gasteiger partial charge in [-0.15, -0.1) is 0 Å². The minimum Gasteiger partial charge on any atom is -0.457 e. The molecule has 0 aliphatic carbocycles. The summed E-state index contributed by atoms with van der Waals surface area (Å²) in [5.41, 5.74) is 7.67. The molecule has 2 heterocycles. The van der Waals surface area contributed by atoms with Gasteiger partial charge in [0.2, 0.25) is 5.69 Å². The van der Waals surface area contributed by atoms with Crippen molar-refractivity contribution in [2.75, 3.05) is 0 Å². The lowest BCUT2D eigenvalue weighted by Gasteiger charge is -2.06. The number of aromatic nitrogens is 1. The Labute approximate surface area is 169 Å². The number of benzene rings is 3. The molecule has 0 radical (unpaired) electrons. The maximum absolute atomic E-state index is 7.63. The van der Waals surface area contributed by atoms with Crippen LogP contribution in [0.25, 0.3) is 49.2 Å². The van der Waals surface area contributed by atoms with Crippen molar-refractivity contribution in [1.29, 1.82) is 0 Å². The molecule has 0 N–H and O–H groups in total. The first-order valence-electron chi connectivity index (χ1n) is 9.54. The number of hydrogen-bond donors (Lipinski definition) is 0. The molecule has 5 aromatic rings. The van der Waals surface area contributed by atoms with Gasteiger partial charge < -0.3 is 4.42 Å². The van der Waals surface area contributed by atoms with Crippen LogP contribution in [0.15, 0.2) is 83.4 Å². The summed E-state index contributed by atoms with van der Waals surface area (Å²) in [6, 6.07) is 24.5. The molecule has 0 amide bonds. The first kappa shape index (κ1) is 17.2. The van der Waals surface area contributed by atoms with Crippen LogP contribution < -0.4 is 4.57 Å². The highest BCUT2D eigenvalue weighted by Crippen LogP contribution is 2.40. The number of fused-ring (bicyclic) bond motifs is 3. The van der Waals surface area contributed by atoms with E-state index in [1.54, 1.807) is 0 Å². The summed E-state index contributed by atoms with van der Waals surface area (Å²) < 4.78 is 8.27. The van der Waals surface area contributed by atoms with E-state index in [4.69, 9.17) is 11.0 Å². The Balaban J connectivity index is 1.82. The van der Waals surface area contributed by atoms with Crippen molar-refractivity contribution in [3.63, 3.8) is 0 Å². The summed E-state index contributed by atoms with van der Waals surface area (Å²) in [5, 5.41) is 2.10. The highest BCUT2D eigenvalue weighted by atomic mass is 16.3. The van der Waals surface area contributed by atoms with E-state index < -0.39 is 0 Å². The van der Waals surface area contributed by atoms with E-state index in [2.05, 4.69) is 59.9 Å². The lowest BCUT2D eigenvalue weighted by atomic mass is 9.98. The molecular weight excluding hydrogens is 356 g/mol. The second-order valence-electron chi connectivity index (χ2n) is 7.31. The predicted octanol–water partition coefficient (Wildman–Crippen LogP) is 6.60. The van der Waals surface area contributed by atoms with E-state index in [0.29, 0.717) is 5.69 Å². The average molecular weight is 375 g/mol. The van der Waals surface area contributed by atoms with Gasteiger partial charge in [-0.25, -0.2) is 9.41 Å². The monoisotopic (exact) mass is 375 g/mol. The molecule has 0 aliphatic rings. The first-order valence-corrected chi connectivity index (χ1v) is 9.54.